The highest BCUT2D eigenvalue weighted by Gasteiger charge is 2.31. The van der Waals surface area contributed by atoms with Crippen molar-refractivity contribution in [1.82, 2.24) is 5.32 Å². The third-order valence-corrected chi connectivity index (χ3v) is 4.29. The lowest BCUT2D eigenvalue weighted by atomic mass is 9.97. The standard InChI is InChI=1S/C15H21N3O2/c19-18(20)15-5-3-14(4-6-15)17(13-1-2-13)11-12-7-9-16-10-8-12/h3-6,12-13,16H,1-2,7-11H2. The molecule has 1 aliphatic carbocycles. The molecule has 1 N–H and O–H groups in total. The first-order valence-electron chi connectivity index (χ1n) is 7.46. The molecule has 0 amide bonds. The van der Waals surface area contributed by atoms with Crippen LogP contribution in [0.3, 0.4) is 0 Å². The van der Waals surface area contributed by atoms with Crippen LogP contribution >= 0.6 is 0 Å². The molecule has 0 spiro atoms. The molecule has 1 saturated carbocycles. The van der Waals surface area contributed by atoms with Crippen LogP contribution in [0, 0.1) is 16.0 Å². The first-order chi connectivity index (χ1) is 9.74. The molecule has 0 atom stereocenters. The summed E-state index contributed by atoms with van der Waals surface area (Å²) < 4.78 is 0. The van der Waals surface area contributed by atoms with Crippen molar-refractivity contribution in [2.75, 3.05) is 24.5 Å². The maximum absolute atomic E-state index is 10.7. The van der Waals surface area contributed by atoms with E-state index in [1.165, 1.54) is 25.7 Å². The Kier molecular flexibility index (Phi) is 3.87. The number of nitro benzene ring substituents is 1. The monoisotopic (exact) mass is 275 g/mol. The van der Waals surface area contributed by atoms with E-state index >= 15 is 0 Å². The van der Waals surface area contributed by atoms with Crippen molar-refractivity contribution in [2.45, 2.75) is 31.7 Å². The number of non-ortho nitro benzene ring substituents is 1. The quantitative estimate of drug-likeness (QED) is 0.663. The van der Waals surface area contributed by atoms with Crippen LogP contribution in [0.25, 0.3) is 0 Å². The fraction of sp³-hybridized carbons (Fsp3) is 0.600. The Labute approximate surface area is 119 Å². The van der Waals surface area contributed by atoms with Gasteiger partial charge in [-0.2, -0.15) is 0 Å². The Hall–Kier alpha value is -1.62. The zero-order valence-electron chi connectivity index (χ0n) is 11.6. The van der Waals surface area contributed by atoms with E-state index in [1.807, 2.05) is 12.1 Å². The number of nitrogens with zero attached hydrogens (tertiary/aromatic N) is 2. The molecule has 2 aliphatic rings. The van der Waals surface area contributed by atoms with E-state index in [2.05, 4.69) is 10.2 Å². The summed E-state index contributed by atoms with van der Waals surface area (Å²) in [6.07, 6.45) is 4.97. The van der Waals surface area contributed by atoms with Crippen LogP contribution in [0.15, 0.2) is 24.3 Å². The summed E-state index contributed by atoms with van der Waals surface area (Å²) in [6, 6.07) is 7.68. The molecule has 1 saturated heterocycles. The van der Waals surface area contributed by atoms with E-state index in [-0.39, 0.29) is 10.6 Å². The van der Waals surface area contributed by atoms with Crippen molar-refractivity contribution in [2.24, 2.45) is 5.92 Å². The molecule has 0 radical (unpaired) electrons. The van der Waals surface area contributed by atoms with E-state index < -0.39 is 0 Å². The van der Waals surface area contributed by atoms with Gasteiger partial charge < -0.3 is 10.2 Å². The molecule has 1 aromatic rings. The van der Waals surface area contributed by atoms with E-state index in [4.69, 9.17) is 0 Å². The van der Waals surface area contributed by atoms with Crippen molar-refractivity contribution in [3.8, 4) is 0 Å². The van der Waals surface area contributed by atoms with Crippen molar-refractivity contribution in [3.05, 3.63) is 34.4 Å². The van der Waals surface area contributed by atoms with Gasteiger partial charge >= 0.3 is 0 Å². The number of piperidine rings is 1. The lowest BCUT2D eigenvalue weighted by Gasteiger charge is -2.31. The molecule has 20 heavy (non-hydrogen) atoms. The highest BCUT2D eigenvalue weighted by atomic mass is 16.6. The molecule has 108 valence electrons. The second-order valence-corrected chi connectivity index (χ2v) is 5.85. The minimum absolute atomic E-state index is 0.173. The summed E-state index contributed by atoms with van der Waals surface area (Å²) in [5, 5.41) is 14.1. The third kappa shape index (κ3) is 3.10. The van der Waals surface area contributed by atoms with E-state index in [0.717, 1.165) is 31.2 Å². The molecule has 0 bridgehead atoms. The Morgan fingerprint density at radius 3 is 2.35 bits per heavy atom. The smallest absolute Gasteiger partial charge is 0.269 e. The van der Waals surface area contributed by atoms with E-state index in [0.29, 0.717) is 6.04 Å². The number of hydrogen-bond acceptors (Lipinski definition) is 4. The lowest BCUT2D eigenvalue weighted by molar-refractivity contribution is -0.384. The van der Waals surface area contributed by atoms with Gasteiger partial charge in [0.15, 0.2) is 0 Å². The Balaban J connectivity index is 1.71. The Bertz CT molecular complexity index is 465. The van der Waals surface area contributed by atoms with Gasteiger partial charge in [-0.25, -0.2) is 0 Å². The molecule has 1 aromatic carbocycles. The Morgan fingerprint density at radius 1 is 1.15 bits per heavy atom. The number of nitro groups is 1. The highest BCUT2D eigenvalue weighted by Crippen LogP contribution is 2.34. The van der Waals surface area contributed by atoms with Crippen LogP contribution in [0.1, 0.15) is 25.7 Å². The summed E-state index contributed by atoms with van der Waals surface area (Å²) in [5.41, 5.74) is 1.31. The van der Waals surface area contributed by atoms with Gasteiger partial charge in [-0.1, -0.05) is 0 Å². The van der Waals surface area contributed by atoms with Crippen molar-refractivity contribution in [3.63, 3.8) is 0 Å². The number of nitrogens with one attached hydrogen (secondary N) is 1. The number of anilines is 1. The van der Waals surface area contributed by atoms with Gasteiger partial charge in [-0.05, 0) is 56.8 Å². The van der Waals surface area contributed by atoms with Crippen molar-refractivity contribution < 1.29 is 4.92 Å². The molecular formula is C15H21N3O2. The fourth-order valence-electron chi connectivity index (χ4n) is 2.96. The molecule has 2 fully saturated rings. The number of hydrogen-bond donors (Lipinski definition) is 1. The summed E-state index contributed by atoms with van der Waals surface area (Å²) in [4.78, 5) is 12.9. The fourth-order valence-corrected chi connectivity index (χ4v) is 2.96. The molecule has 3 rings (SSSR count). The van der Waals surface area contributed by atoms with Gasteiger partial charge in [0.2, 0.25) is 0 Å². The average molecular weight is 275 g/mol. The maximum Gasteiger partial charge on any atom is 0.269 e. The van der Waals surface area contributed by atoms with Crippen molar-refractivity contribution >= 4 is 11.4 Å². The predicted molar refractivity (Wildman–Crippen MR) is 79.1 cm³/mol. The molecule has 5 heteroatoms. The normalized spacial score (nSPS) is 19.8. The molecule has 0 aromatic heterocycles. The van der Waals surface area contributed by atoms with Crippen LogP contribution in [0.2, 0.25) is 0 Å². The SMILES string of the molecule is O=[N+]([O-])c1ccc(N(CC2CCNCC2)C2CC2)cc1. The zero-order valence-corrected chi connectivity index (χ0v) is 11.6. The first-order valence-corrected chi connectivity index (χ1v) is 7.46. The summed E-state index contributed by atoms with van der Waals surface area (Å²) >= 11 is 0. The lowest BCUT2D eigenvalue weighted by Crippen LogP contribution is -2.37. The summed E-state index contributed by atoms with van der Waals surface area (Å²) in [5.74, 6) is 0.743. The van der Waals surface area contributed by atoms with Crippen LogP contribution in [-0.4, -0.2) is 30.6 Å². The van der Waals surface area contributed by atoms with Gasteiger partial charge in [0.1, 0.15) is 0 Å². The number of rotatable bonds is 5. The minimum Gasteiger partial charge on any atom is -0.368 e. The van der Waals surface area contributed by atoms with E-state index in [1.54, 1.807) is 12.1 Å². The topological polar surface area (TPSA) is 58.4 Å². The summed E-state index contributed by atoms with van der Waals surface area (Å²) in [7, 11) is 0. The highest BCUT2D eigenvalue weighted by molar-refractivity contribution is 5.52. The Morgan fingerprint density at radius 2 is 1.80 bits per heavy atom. The van der Waals surface area contributed by atoms with Crippen molar-refractivity contribution in [1.29, 1.82) is 0 Å². The second kappa shape index (κ2) is 5.79. The largest absolute Gasteiger partial charge is 0.368 e. The minimum atomic E-state index is -0.335. The maximum atomic E-state index is 10.7. The molecule has 1 heterocycles. The molecule has 5 nitrogen and oxygen atoms in total. The average Bonchev–Trinajstić information content (AvgIpc) is 3.30. The molecule has 0 unspecified atom stereocenters. The zero-order chi connectivity index (χ0) is 13.9. The van der Waals surface area contributed by atoms with E-state index in [9.17, 15) is 10.1 Å². The van der Waals surface area contributed by atoms with Crippen LogP contribution in [0.5, 0.6) is 0 Å². The molecule has 1 aliphatic heterocycles. The van der Waals surface area contributed by atoms with Crippen LogP contribution < -0.4 is 10.2 Å². The van der Waals surface area contributed by atoms with Gasteiger partial charge in [0.05, 0.1) is 4.92 Å². The molecular weight excluding hydrogens is 254 g/mol. The van der Waals surface area contributed by atoms with Gasteiger partial charge in [-0.3, -0.25) is 10.1 Å². The second-order valence-electron chi connectivity index (χ2n) is 5.85. The first kappa shape index (κ1) is 13.4. The number of benzene rings is 1. The summed E-state index contributed by atoms with van der Waals surface area (Å²) in [6.45, 7) is 3.32. The predicted octanol–water partition coefficient (Wildman–Crippen LogP) is 2.56. The third-order valence-electron chi connectivity index (χ3n) is 4.29. The van der Waals surface area contributed by atoms with Gasteiger partial charge in [0.25, 0.3) is 5.69 Å². The van der Waals surface area contributed by atoms with Crippen LogP contribution in [-0.2, 0) is 0 Å². The van der Waals surface area contributed by atoms with Crippen LogP contribution in [0.4, 0.5) is 11.4 Å². The van der Waals surface area contributed by atoms with Gasteiger partial charge in [0, 0.05) is 30.4 Å². The van der Waals surface area contributed by atoms with Gasteiger partial charge in [-0.15, -0.1) is 0 Å².